The van der Waals surface area contributed by atoms with Gasteiger partial charge in [-0.15, -0.1) is 0 Å². The highest BCUT2D eigenvalue weighted by Gasteiger charge is 2.45. The molecule has 1 atom stereocenters. The summed E-state index contributed by atoms with van der Waals surface area (Å²) in [6.07, 6.45) is -4.84. The van der Waals surface area contributed by atoms with Crippen molar-refractivity contribution < 1.29 is 27.9 Å². The van der Waals surface area contributed by atoms with Crippen LogP contribution in [0.15, 0.2) is 0 Å². The number of rotatable bonds is 6. The first-order valence-electron chi connectivity index (χ1n) is 7.62. The number of carbonyl (C=O) groups excluding carboxylic acids is 1. The molecule has 1 aromatic rings. The average Bonchev–Trinajstić information content (AvgIpc) is 2.66. The molecule has 1 heterocycles. The molecule has 0 aliphatic heterocycles. The van der Waals surface area contributed by atoms with Crippen LogP contribution in [0.4, 0.5) is 18.0 Å². The van der Waals surface area contributed by atoms with Crippen LogP contribution in [0.25, 0.3) is 0 Å². The summed E-state index contributed by atoms with van der Waals surface area (Å²) in [7, 11) is 1.52. The zero-order valence-electron chi connectivity index (χ0n) is 14.8. The van der Waals surface area contributed by atoms with E-state index in [0.717, 1.165) is 0 Å². The van der Waals surface area contributed by atoms with Gasteiger partial charge in [-0.2, -0.15) is 18.3 Å². The highest BCUT2D eigenvalue weighted by Crippen LogP contribution is 2.35. The van der Waals surface area contributed by atoms with Crippen molar-refractivity contribution in [2.45, 2.75) is 58.3 Å². The number of hydrogen-bond donors (Lipinski definition) is 3. The Morgan fingerprint density at radius 1 is 1.28 bits per heavy atom. The van der Waals surface area contributed by atoms with E-state index in [-0.39, 0.29) is 24.1 Å². The third kappa shape index (κ3) is 5.64. The number of alkyl halides is 3. The Bertz CT molecular complexity index is 653. The van der Waals surface area contributed by atoms with E-state index in [1.807, 2.05) is 5.32 Å². The monoisotopic (exact) mass is 364 g/mol. The van der Waals surface area contributed by atoms with Crippen LogP contribution >= 0.6 is 0 Å². The Labute approximate surface area is 143 Å². The predicted octanol–water partition coefficient (Wildman–Crippen LogP) is 2.58. The van der Waals surface area contributed by atoms with Gasteiger partial charge in [0.1, 0.15) is 0 Å². The molecule has 0 aliphatic rings. The molecular weight excluding hydrogens is 341 g/mol. The number of aliphatic carboxylic acids is 1. The van der Waals surface area contributed by atoms with Crippen LogP contribution in [-0.4, -0.2) is 38.6 Å². The van der Waals surface area contributed by atoms with Crippen LogP contribution in [0.5, 0.6) is 0 Å². The van der Waals surface area contributed by atoms with Crippen molar-refractivity contribution in [3.63, 3.8) is 0 Å². The largest absolute Gasteiger partial charge is 0.481 e. The fourth-order valence-electron chi connectivity index (χ4n) is 2.48. The molecule has 1 aromatic heterocycles. The molecule has 0 bridgehead atoms. The summed E-state index contributed by atoms with van der Waals surface area (Å²) < 4.78 is 41.7. The van der Waals surface area contributed by atoms with Gasteiger partial charge >= 0.3 is 18.2 Å². The zero-order valence-corrected chi connectivity index (χ0v) is 14.8. The van der Waals surface area contributed by atoms with Crippen LogP contribution < -0.4 is 10.6 Å². The van der Waals surface area contributed by atoms with Crippen molar-refractivity contribution in [2.75, 3.05) is 0 Å². The van der Waals surface area contributed by atoms with Crippen molar-refractivity contribution in [3.05, 3.63) is 17.0 Å². The van der Waals surface area contributed by atoms with E-state index in [1.165, 1.54) is 25.6 Å². The molecule has 25 heavy (non-hydrogen) atoms. The first kappa shape index (κ1) is 20.8. The minimum absolute atomic E-state index is 0.0807. The minimum Gasteiger partial charge on any atom is -0.481 e. The second kappa shape index (κ2) is 7.32. The van der Waals surface area contributed by atoms with Crippen molar-refractivity contribution in [1.29, 1.82) is 0 Å². The fraction of sp³-hybridized carbons (Fsp3) is 0.667. The maximum atomic E-state index is 13.5. The van der Waals surface area contributed by atoms with Gasteiger partial charge in [0.05, 0.1) is 5.69 Å². The average molecular weight is 364 g/mol. The SMILES string of the molecule is Cc1nn(C)c(C)c1C(NC(=O)NC(C)(C)CCC(=O)O)C(F)(F)F. The summed E-state index contributed by atoms with van der Waals surface area (Å²) in [6, 6.07) is -3.24. The number of carboxylic acid groups (broad SMARTS) is 1. The molecule has 10 heteroatoms. The second-order valence-corrected chi connectivity index (χ2v) is 6.56. The van der Waals surface area contributed by atoms with Crippen molar-refractivity contribution >= 4 is 12.0 Å². The van der Waals surface area contributed by atoms with Crippen LogP contribution in [0, 0.1) is 13.8 Å². The number of nitrogens with one attached hydrogen (secondary N) is 2. The molecule has 0 saturated carbocycles. The van der Waals surface area contributed by atoms with E-state index in [1.54, 1.807) is 13.8 Å². The van der Waals surface area contributed by atoms with Gasteiger partial charge in [0, 0.05) is 30.3 Å². The quantitative estimate of drug-likeness (QED) is 0.723. The maximum absolute atomic E-state index is 13.5. The van der Waals surface area contributed by atoms with Gasteiger partial charge in [0.25, 0.3) is 0 Å². The number of carboxylic acids is 1. The molecular formula is C15H23F3N4O3. The number of urea groups is 1. The number of nitrogens with zero attached hydrogens (tertiary/aromatic N) is 2. The van der Waals surface area contributed by atoms with E-state index in [2.05, 4.69) is 10.4 Å². The third-order valence-corrected chi connectivity index (χ3v) is 3.87. The fourth-order valence-corrected chi connectivity index (χ4v) is 2.48. The molecule has 0 aliphatic carbocycles. The summed E-state index contributed by atoms with van der Waals surface area (Å²) in [5, 5.41) is 17.0. The molecule has 1 rings (SSSR count). The number of carbonyl (C=O) groups is 2. The smallest absolute Gasteiger partial charge is 0.413 e. The summed E-state index contributed by atoms with van der Waals surface area (Å²) in [5.41, 5.74) is -0.607. The van der Waals surface area contributed by atoms with Crippen molar-refractivity contribution in [3.8, 4) is 0 Å². The molecule has 7 nitrogen and oxygen atoms in total. The standard InChI is InChI=1S/C15H23F3N4O3/c1-8-11(9(2)22(5)21-8)12(15(16,17)18)19-13(25)20-14(3,4)7-6-10(23)24/h12H,6-7H2,1-5H3,(H,23,24)(H2,19,20,25). The highest BCUT2D eigenvalue weighted by molar-refractivity contribution is 5.75. The van der Waals surface area contributed by atoms with Gasteiger partial charge in [-0.1, -0.05) is 0 Å². The maximum Gasteiger partial charge on any atom is 0.413 e. The molecule has 0 saturated heterocycles. The molecule has 1 unspecified atom stereocenters. The zero-order chi connectivity index (χ0) is 19.6. The first-order valence-corrected chi connectivity index (χ1v) is 7.62. The number of halogens is 3. The van der Waals surface area contributed by atoms with Gasteiger partial charge in [0.2, 0.25) is 0 Å². The number of aryl methyl sites for hydroxylation is 2. The Hall–Kier alpha value is -2.26. The van der Waals surface area contributed by atoms with Gasteiger partial charge in [-0.25, -0.2) is 4.79 Å². The summed E-state index contributed by atoms with van der Waals surface area (Å²) in [4.78, 5) is 22.7. The van der Waals surface area contributed by atoms with E-state index in [4.69, 9.17) is 5.11 Å². The van der Waals surface area contributed by atoms with Crippen LogP contribution in [0.2, 0.25) is 0 Å². The first-order chi connectivity index (χ1) is 11.2. The lowest BCUT2D eigenvalue weighted by atomic mass is 9.98. The van der Waals surface area contributed by atoms with Crippen LogP contribution in [-0.2, 0) is 11.8 Å². The molecule has 2 amide bonds. The van der Waals surface area contributed by atoms with E-state index >= 15 is 0 Å². The van der Waals surface area contributed by atoms with Crippen molar-refractivity contribution in [2.24, 2.45) is 7.05 Å². The molecule has 0 spiro atoms. The predicted molar refractivity (Wildman–Crippen MR) is 84.1 cm³/mol. The molecule has 3 N–H and O–H groups in total. The van der Waals surface area contributed by atoms with E-state index in [9.17, 15) is 22.8 Å². The molecule has 142 valence electrons. The van der Waals surface area contributed by atoms with Gasteiger partial charge in [-0.3, -0.25) is 9.48 Å². The number of amides is 2. The third-order valence-electron chi connectivity index (χ3n) is 3.87. The van der Waals surface area contributed by atoms with Crippen LogP contribution in [0.3, 0.4) is 0 Å². The normalized spacial score (nSPS) is 13.4. The van der Waals surface area contributed by atoms with Crippen molar-refractivity contribution in [1.82, 2.24) is 20.4 Å². The summed E-state index contributed by atoms with van der Waals surface area (Å²) in [6.45, 7) is 6.01. The number of aromatic nitrogens is 2. The number of hydrogen-bond acceptors (Lipinski definition) is 3. The molecule has 0 fully saturated rings. The molecule has 0 radical (unpaired) electrons. The van der Waals surface area contributed by atoms with Gasteiger partial charge in [0.15, 0.2) is 6.04 Å². The Kier molecular flexibility index (Phi) is 6.09. The van der Waals surface area contributed by atoms with E-state index in [0.29, 0.717) is 5.69 Å². The van der Waals surface area contributed by atoms with Gasteiger partial charge < -0.3 is 15.7 Å². The van der Waals surface area contributed by atoms with Gasteiger partial charge in [-0.05, 0) is 34.1 Å². The minimum atomic E-state index is -4.71. The highest BCUT2D eigenvalue weighted by atomic mass is 19.4. The Balaban J connectivity index is 2.97. The lowest BCUT2D eigenvalue weighted by molar-refractivity contribution is -0.155. The Morgan fingerprint density at radius 2 is 1.84 bits per heavy atom. The lowest BCUT2D eigenvalue weighted by Crippen LogP contribution is -2.51. The second-order valence-electron chi connectivity index (χ2n) is 6.56. The topological polar surface area (TPSA) is 96.3 Å². The Morgan fingerprint density at radius 3 is 2.24 bits per heavy atom. The van der Waals surface area contributed by atoms with E-state index < -0.39 is 29.8 Å². The summed E-state index contributed by atoms with van der Waals surface area (Å²) in [5.74, 6) is -1.05. The van der Waals surface area contributed by atoms with Crippen LogP contribution in [0.1, 0.15) is 49.7 Å². The lowest BCUT2D eigenvalue weighted by Gasteiger charge is -2.28. The summed E-state index contributed by atoms with van der Waals surface area (Å²) >= 11 is 0. The molecule has 0 aromatic carbocycles.